The molecule has 2 rings (SSSR count). The number of nitrogens with two attached hydrogens (primary N) is 1. The first-order valence-corrected chi connectivity index (χ1v) is 8.30. The summed E-state index contributed by atoms with van der Waals surface area (Å²) in [5.74, 6) is -0.518. The Kier molecular flexibility index (Phi) is 7.59. The number of nitrogens with one attached hydrogen (secondary N) is 1. The minimum absolute atomic E-state index is 0. The van der Waals surface area contributed by atoms with Gasteiger partial charge in [0, 0.05) is 25.2 Å². The van der Waals surface area contributed by atoms with Crippen molar-refractivity contribution in [3.63, 3.8) is 0 Å². The molecule has 1 aromatic heterocycles. The molecule has 2 unspecified atom stereocenters. The number of amides is 2. The summed E-state index contributed by atoms with van der Waals surface area (Å²) in [5, 5.41) is 13.4. The van der Waals surface area contributed by atoms with Gasteiger partial charge in [0.1, 0.15) is 6.04 Å². The number of carbonyl (C=O) groups excluding carboxylic acids is 2. The van der Waals surface area contributed by atoms with Crippen LogP contribution in [-0.4, -0.2) is 46.8 Å². The van der Waals surface area contributed by atoms with Crippen LogP contribution in [-0.2, 0) is 4.79 Å². The van der Waals surface area contributed by atoms with Crippen molar-refractivity contribution < 1.29 is 14.5 Å². The van der Waals surface area contributed by atoms with E-state index in [1.807, 2.05) is 6.92 Å². The van der Waals surface area contributed by atoms with E-state index in [0.29, 0.717) is 25.9 Å². The van der Waals surface area contributed by atoms with Gasteiger partial charge >= 0.3 is 5.00 Å². The monoisotopic (exact) mass is 376 g/mol. The van der Waals surface area contributed by atoms with Crippen LogP contribution in [0, 0.1) is 10.1 Å². The molecule has 1 fully saturated rings. The lowest BCUT2D eigenvalue weighted by atomic mass is 10.2. The smallest absolute Gasteiger partial charge is 0.324 e. The van der Waals surface area contributed by atoms with Crippen molar-refractivity contribution in [2.45, 2.75) is 38.3 Å². The van der Waals surface area contributed by atoms with Gasteiger partial charge in [-0.1, -0.05) is 11.3 Å². The maximum Gasteiger partial charge on any atom is 0.324 e. The lowest BCUT2D eigenvalue weighted by molar-refractivity contribution is -0.380. The van der Waals surface area contributed by atoms with E-state index in [2.05, 4.69) is 5.32 Å². The van der Waals surface area contributed by atoms with Crippen molar-refractivity contribution in [3.8, 4) is 0 Å². The van der Waals surface area contributed by atoms with Crippen LogP contribution >= 0.6 is 23.7 Å². The fourth-order valence-corrected chi connectivity index (χ4v) is 3.28. The molecule has 10 heteroatoms. The van der Waals surface area contributed by atoms with Gasteiger partial charge in [0.05, 0.1) is 9.80 Å². The Balaban J connectivity index is 0.00000288. The predicted octanol–water partition coefficient (Wildman–Crippen LogP) is 1.54. The minimum atomic E-state index is -0.524. The molecule has 1 aliphatic heterocycles. The highest BCUT2D eigenvalue weighted by Gasteiger charge is 2.35. The quantitative estimate of drug-likeness (QED) is 0.576. The van der Waals surface area contributed by atoms with Gasteiger partial charge in [0.2, 0.25) is 5.91 Å². The number of hydrogen-bond donors (Lipinski definition) is 2. The van der Waals surface area contributed by atoms with E-state index in [1.165, 1.54) is 17.0 Å². The van der Waals surface area contributed by atoms with Crippen molar-refractivity contribution in [2.24, 2.45) is 5.73 Å². The minimum Gasteiger partial charge on any atom is -0.354 e. The molecule has 3 N–H and O–H groups in total. The normalized spacial score (nSPS) is 17.9. The first-order valence-electron chi connectivity index (χ1n) is 7.48. The lowest BCUT2D eigenvalue weighted by Crippen LogP contribution is -2.46. The fourth-order valence-electron chi connectivity index (χ4n) is 2.51. The number of rotatable bonds is 6. The Hall–Kier alpha value is -1.71. The third-order valence-electron chi connectivity index (χ3n) is 3.70. The van der Waals surface area contributed by atoms with E-state index >= 15 is 0 Å². The van der Waals surface area contributed by atoms with Crippen molar-refractivity contribution >= 4 is 40.6 Å². The number of nitro groups is 1. The second-order valence-corrected chi connectivity index (χ2v) is 6.67. The first-order chi connectivity index (χ1) is 10.9. The SMILES string of the molecule is CC(N)CCNC(=O)C1CCCN1C(=O)c1ccc([N+](=O)[O-])s1.Cl. The molecular weight excluding hydrogens is 356 g/mol. The summed E-state index contributed by atoms with van der Waals surface area (Å²) >= 11 is 0.833. The van der Waals surface area contributed by atoms with Gasteiger partial charge in [-0.05, 0) is 32.3 Å². The predicted molar refractivity (Wildman–Crippen MR) is 93.6 cm³/mol. The summed E-state index contributed by atoms with van der Waals surface area (Å²) in [6.45, 7) is 2.82. The van der Waals surface area contributed by atoms with Gasteiger partial charge < -0.3 is 16.0 Å². The van der Waals surface area contributed by atoms with Gasteiger partial charge in [0.15, 0.2) is 0 Å². The van der Waals surface area contributed by atoms with E-state index in [-0.39, 0.29) is 40.1 Å². The zero-order valence-corrected chi connectivity index (χ0v) is 14.9. The van der Waals surface area contributed by atoms with Crippen molar-refractivity contribution in [1.82, 2.24) is 10.2 Å². The van der Waals surface area contributed by atoms with E-state index in [1.54, 1.807) is 0 Å². The second kappa shape index (κ2) is 8.95. The van der Waals surface area contributed by atoms with Crippen molar-refractivity contribution in [3.05, 3.63) is 27.1 Å². The first kappa shape index (κ1) is 20.3. The number of carbonyl (C=O) groups is 2. The summed E-state index contributed by atoms with van der Waals surface area (Å²) in [6.07, 6.45) is 2.01. The number of thiophene rings is 1. The highest BCUT2D eigenvalue weighted by molar-refractivity contribution is 7.17. The Bertz CT molecular complexity index is 607. The van der Waals surface area contributed by atoms with Crippen molar-refractivity contribution in [1.29, 1.82) is 0 Å². The molecule has 8 nitrogen and oxygen atoms in total. The number of likely N-dealkylation sites (tertiary alicyclic amines) is 1. The molecule has 1 saturated heterocycles. The standard InChI is InChI=1S/C14H20N4O4S.ClH/c1-9(15)6-7-16-13(19)10-3-2-8-17(10)14(20)11-4-5-12(23-11)18(21)22;/h4-5,9-10H,2-3,6-8,15H2,1H3,(H,16,19);1H. The average Bonchev–Trinajstić information content (AvgIpc) is 3.15. The van der Waals surface area contributed by atoms with E-state index in [9.17, 15) is 19.7 Å². The molecule has 24 heavy (non-hydrogen) atoms. The van der Waals surface area contributed by atoms with Gasteiger partial charge in [-0.2, -0.15) is 0 Å². The molecule has 1 aromatic rings. The Labute approximate surface area is 149 Å². The molecule has 0 spiro atoms. The topological polar surface area (TPSA) is 119 Å². The lowest BCUT2D eigenvalue weighted by Gasteiger charge is -2.23. The highest BCUT2D eigenvalue weighted by Crippen LogP contribution is 2.28. The van der Waals surface area contributed by atoms with Gasteiger partial charge in [0.25, 0.3) is 5.91 Å². The zero-order valence-electron chi connectivity index (χ0n) is 13.3. The molecular formula is C14H21ClN4O4S. The maximum atomic E-state index is 12.5. The summed E-state index contributed by atoms with van der Waals surface area (Å²) in [7, 11) is 0. The third-order valence-corrected chi connectivity index (χ3v) is 4.72. The van der Waals surface area contributed by atoms with Crippen LogP contribution in [0.5, 0.6) is 0 Å². The van der Waals surface area contributed by atoms with E-state index in [4.69, 9.17) is 5.73 Å². The van der Waals surface area contributed by atoms with Crippen LogP contribution < -0.4 is 11.1 Å². The highest BCUT2D eigenvalue weighted by atomic mass is 35.5. The molecule has 0 aromatic carbocycles. The average molecular weight is 377 g/mol. The van der Waals surface area contributed by atoms with Crippen LogP contribution in [0.3, 0.4) is 0 Å². The van der Waals surface area contributed by atoms with Crippen molar-refractivity contribution in [2.75, 3.05) is 13.1 Å². The summed E-state index contributed by atoms with van der Waals surface area (Å²) in [4.78, 5) is 36.7. The molecule has 2 atom stereocenters. The molecule has 2 amide bonds. The molecule has 0 bridgehead atoms. The third kappa shape index (κ3) is 4.89. The van der Waals surface area contributed by atoms with Crippen LogP contribution in [0.25, 0.3) is 0 Å². The fraction of sp³-hybridized carbons (Fsp3) is 0.571. The Morgan fingerprint density at radius 1 is 1.54 bits per heavy atom. The molecule has 0 aliphatic carbocycles. The van der Waals surface area contributed by atoms with Crippen LogP contribution in [0.15, 0.2) is 12.1 Å². The number of nitrogens with zero attached hydrogens (tertiary/aromatic N) is 2. The molecule has 2 heterocycles. The molecule has 134 valence electrons. The van der Waals surface area contributed by atoms with Gasteiger partial charge in [-0.15, -0.1) is 12.4 Å². The van der Waals surface area contributed by atoms with Gasteiger partial charge in [-0.3, -0.25) is 19.7 Å². The molecule has 0 radical (unpaired) electrons. The molecule has 0 saturated carbocycles. The number of halogens is 1. The summed E-state index contributed by atoms with van der Waals surface area (Å²) in [6, 6.07) is 2.24. The van der Waals surface area contributed by atoms with Gasteiger partial charge in [-0.25, -0.2) is 0 Å². The van der Waals surface area contributed by atoms with Crippen LogP contribution in [0.4, 0.5) is 5.00 Å². The summed E-state index contributed by atoms with van der Waals surface area (Å²) in [5.41, 5.74) is 5.64. The maximum absolute atomic E-state index is 12.5. The van der Waals surface area contributed by atoms with E-state index in [0.717, 1.165) is 17.8 Å². The number of hydrogen-bond acceptors (Lipinski definition) is 6. The summed E-state index contributed by atoms with van der Waals surface area (Å²) < 4.78 is 0. The zero-order chi connectivity index (χ0) is 17.0. The van der Waals surface area contributed by atoms with E-state index < -0.39 is 11.0 Å². The Morgan fingerprint density at radius 3 is 2.83 bits per heavy atom. The largest absolute Gasteiger partial charge is 0.354 e. The van der Waals surface area contributed by atoms with Crippen LogP contribution in [0.2, 0.25) is 0 Å². The second-order valence-electron chi connectivity index (χ2n) is 5.61. The molecule has 1 aliphatic rings. The Morgan fingerprint density at radius 2 is 2.25 bits per heavy atom. The van der Waals surface area contributed by atoms with Crippen LogP contribution in [0.1, 0.15) is 35.9 Å².